The molecule has 35 heavy (non-hydrogen) atoms. The van der Waals surface area contributed by atoms with Crippen molar-refractivity contribution in [3.05, 3.63) is 89.4 Å². The number of nitrogens with zero attached hydrogens (tertiary/aromatic N) is 5. The van der Waals surface area contributed by atoms with E-state index < -0.39 is 29.9 Å². The molecule has 4 rings (SSSR count). The second-order valence-electron chi connectivity index (χ2n) is 8.05. The van der Waals surface area contributed by atoms with Crippen LogP contribution in [0.1, 0.15) is 29.4 Å². The van der Waals surface area contributed by atoms with E-state index in [0.29, 0.717) is 19.2 Å². The fourth-order valence-corrected chi connectivity index (χ4v) is 3.41. The zero-order valence-corrected chi connectivity index (χ0v) is 18.8. The van der Waals surface area contributed by atoms with Gasteiger partial charge >= 0.3 is 0 Å². The number of halogens is 4. The molecule has 0 unspecified atom stereocenters. The normalized spacial score (nSPS) is 11.5. The van der Waals surface area contributed by atoms with Crippen LogP contribution in [0, 0.1) is 11.6 Å². The molecule has 0 spiro atoms. The number of nitrogens with one attached hydrogen (secondary N) is 1. The molecule has 0 bridgehead atoms. The summed E-state index contributed by atoms with van der Waals surface area (Å²) < 4.78 is 58.1. The Labute approximate surface area is 197 Å². The molecule has 11 heteroatoms. The number of anilines is 1. The van der Waals surface area contributed by atoms with E-state index in [1.54, 1.807) is 17.9 Å². The number of pyridine rings is 1. The number of aromatic nitrogens is 5. The molecule has 0 atom stereocenters. The van der Waals surface area contributed by atoms with E-state index in [9.17, 15) is 22.4 Å². The molecule has 0 saturated carbocycles. The maximum Gasteiger partial charge on any atom is 0.270 e. The molecule has 1 aromatic carbocycles. The van der Waals surface area contributed by atoms with Crippen molar-refractivity contribution in [3.63, 3.8) is 0 Å². The third-order valence-corrected chi connectivity index (χ3v) is 5.16. The van der Waals surface area contributed by atoms with E-state index in [1.807, 2.05) is 6.20 Å². The van der Waals surface area contributed by atoms with Crippen molar-refractivity contribution in [1.29, 1.82) is 0 Å². The summed E-state index contributed by atoms with van der Waals surface area (Å²) in [5.74, 6) is -5.04. The number of hydrogen-bond acceptors (Lipinski definition) is 5. The Balaban J connectivity index is 1.46. The Bertz CT molecular complexity index is 1370. The predicted molar refractivity (Wildman–Crippen MR) is 120 cm³/mol. The van der Waals surface area contributed by atoms with Gasteiger partial charge in [0.05, 0.1) is 12.6 Å². The van der Waals surface area contributed by atoms with Crippen LogP contribution in [-0.4, -0.2) is 30.6 Å². The van der Waals surface area contributed by atoms with Gasteiger partial charge in [0.25, 0.3) is 5.92 Å². The topological polar surface area (TPSA) is 85.6 Å². The van der Waals surface area contributed by atoms with Crippen molar-refractivity contribution in [2.45, 2.75) is 25.7 Å². The molecule has 0 saturated heterocycles. The first-order valence-corrected chi connectivity index (χ1v) is 10.5. The van der Waals surface area contributed by atoms with Gasteiger partial charge in [-0.2, -0.15) is 5.10 Å². The molecule has 180 valence electrons. The van der Waals surface area contributed by atoms with Gasteiger partial charge in [-0.15, -0.1) is 0 Å². The summed E-state index contributed by atoms with van der Waals surface area (Å²) >= 11 is 0. The lowest BCUT2D eigenvalue weighted by molar-refractivity contribution is -0.115. The van der Waals surface area contributed by atoms with E-state index in [4.69, 9.17) is 0 Å². The van der Waals surface area contributed by atoms with Gasteiger partial charge in [-0.3, -0.25) is 9.48 Å². The number of carbonyl (C=O) groups excluding carboxylic acids is 1. The lowest BCUT2D eigenvalue weighted by Gasteiger charge is -2.12. The summed E-state index contributed by atoms with van der Waals surface area (Å²) in [6.07, 6.45) is 7.35. The first-order valence-electron chi connectivity index (χ1n) is 10.5. The smallest absolute Gasteiger partial charge is 0.270 e. The van der Waals surface area contributed by atoms with Gasteiger partial charge in [-0.25, -0.2) is 32.5 Å². The second kappa shape index (κ2) is 9.61. The fraction of sp³-hybridized carbons (Fsp3) is 0.208. The summed E-state index contributed by atoms with van der Waals surface area (Å²) in [5.41, 5.74) is 0.589. The number of amides is 1. The molecule has 7 nitrogen and oxygen atoms in total. The average Bonchev–Trinajstić information content (AvgIpc) is 3.20. The highest BCUT2D eigenvalue weighted by atomic mass is 19.3. The van der Waals surface area contributed by atoms with E-state index in [-0.39, 0.29) is 28.1 Å². The van der Waals surface area contributed by atoms with Crippen LogP contribution in [0.25, 0.3) is 11.1 Å². The Morgan fingerprint density at radius 3 is 2.46 bits per heavy atom. The third-order valence-electron chi connectivity index (χ3n) is 5.16. The third kappa shape index (κ3) is 5.86. The molecule has 0 aliphatic heterocycles. The lowest BCUT2D eigenvalue weighted by atomic mass is 10.0. The zero-order chi connectivity index (χ0) is 25.2. The molecular weight excluding hydrogens is 464 g/mol. The standard InChI is InChI=1S/C24H20F4N6O/c1-24(27,28)17-3-4-29-22(8-17)33-23(35)7-15-6-20(26)18(9-19(15)25)16-11-30-21(31-12-16)5-14-10-32-34(2)13-14/h3-4,6,8-13H,5,7H2,1-2H3,(H,29,33,35). The average molecular weight is 484 g/mol. The van der Waals surface area contributed by atoms with E-state index in [0.717, 1.165) is 36.0 Å². The van der Waals surface area contributed by atoms with Gasteiger partial charge < -0.3 is 5.32 Å². The first-order chi connectivity index (χ1) is 16.6. The fourth-order valence-electron chi connectivity index (χ4n) is 3.41. The van der Waals surface area contributed by atoms with Crippen LogP contribution in [0.2, 0.25) is 0 Å². The van der Waals surface area contributed by atoms with Crippen LogP contribution in [0.3, 0.4) is 0 Å². The first kappa shape index (κ1) is 24.0. The minimum Gasteiger partial charge on any atom is -0.310 e. The Morgan fingerprint density at radius 1 is 1.06 bits per heavy atom. The van der Waals surface area contributed by atoms with Crippen molar-refractivity contribution in [3.8, 4) is 11.1 Å². The Hall–Kier alpha value is -4.15. The summed E-state index contributed by atoms with van der Waals surface area (Å²) in [6, 6.07) is 4.03. The maximum absolute atomic E-state index is 14.8. The zero-order valence-electron chi connectivity index (χ0n) is 18.8. The monoisotopic (exact) mass is 484 g/mol. The summed E-state index contributed by atoms with van der Waals surface area (Å²) in [4.78, 5) is 24.5. The van der Waals surface area contributed by atoms with Crippen molar-refractivity contribution in [1.82, 2.24) is 24.7 Å². The molecule has 0 aliphatic rings. The highest BCUT2D eigenvalue weighted by Gasteiger charge is 2.25. The Morgan fingerprint density at radius 2 is 1.80 bits per heavy atom. The summed E-state index contributed by atoms with van der Waals surface area (Å²) in [5, 5.41) is 6.40. The molecule has 0 radical (unpaired) electrons. The van der Waals surface area contributed by atoms with Gasteiger partial charge in [-0.05, 0) is 29.8 Å². The van der Waals surface area contributed by atoms with Gasteiger partial charge in [0, 0.05) is 67.4 Å². The number of hydrogen-bond donors (Lipinski definition) is 1. The van der Waals surface area contributed by atoms with Crippen molar-refractivity contribution in [2.75, 3.05) is 5.32 Å². The summed E-state index contributed by atoms with van der Waals surface area (Å²) in [6.45, 7) is 0.715. The number of rotatable bonds is 7. The lowest BCUT2D eigenvalue weighted by Crippen LogP contribution is -2.17. The van der Waals surface area contributed by atoms with Crippen molar-refractivity contribution >= 4 is 11.7 Å². The van der Waals surface area contributed by atoms with Crippen LogP contribution in [0.5, 0.6) is 0 Å². The molecular formula is C24H20F4N6O. The molecule has 0 fully saturated rings. The molecule has 0 aliphatic carbocycles. The predicted octanol–water partition coefficient (Wildman–Crippen LogP) is 4.43. The second-order valence-corrected chi connectivity index (χ2v) is 8.05. The SMILES string of the molecule is Cn1cc(Cc2ncc(-c3cc(F)c(CC(=O)Nc4cc(C(C)(F)F)ccn4)cc3F)cn2)cn1. The molecule has 4 aromatic rings. The van der Waals surface area contributed by atoms with Crippen molar-refractivity contribution in [2.24, 2.45) is 7.05 Å². The number of carbonyl (C=O) groups is 1. The number of aryl methyl sites for hydroxylation is 1. The van der Waals surface area contributed by atoms with Crippen LogP contribution in [-0.2, 0) is 30.6 Å². The number of alkyl halides is 2. The largest absolute Gasteiger partial charge is 0.310 e. The highest BCUT2D eigenvalue weighted by Crippen LogP contribution is 2.28. The van der Waals surface area contributed by atoms with Gasteiger partial charge in [0.2, 0.25) is 5.91 Å². The van der Waals surface area contributed by atoms with Crippen LogP contribution >= 0.6 is 0 Å². The van der Waals surface area contributed by atoms with Crippen LogP contribution in [0.15, 0.2) is 55.2 Å². The van der Waals surface area contributed by atoms with Gasteiger partial charge in [0.15, 0.2) is 0 Å². The molecule has 3 heterocycles. The van der Waals surface area contributed by atoms with Crippen molar-refractivity contribution < 1.29 is 22.4 Å². The molecule has 1 amide bonds. The molecule has 3 aromatic heterocycles. The summed E-state index contributed by atoms with van der Waals surface area (Å²) in [7, 11) is 1.79. The van der Waals surface area contributed by atoms with E-state index in [2.05, 4.69) is 25.4 Å². The maximum atomic E-state index is 14.8. The number of benzene rings is 1. The van der Waals surface area contributed by atoms with Gasteiger partial charge in [0.1, 0.15) is 23.3 Å². The van der Waals surface area contributed by atoms with E-state index >= 15 is 0 Å². The van der Waals surface area contributed by atoms with Gasteiger partial charge in [-0.1, -0.05) is 0 Å². The molecule has 1 N–H and O–H groups in total. The quantitative estimate of drug-likeness (QED) is 0.392. The highest BCUT2D eigenvalue weighted by molar-refractivity contribution is 5.91. The minimum absolute atomic E-state index is 0.0564. The van der Waals surface area contributed by atoms with Crippen LogP contribution < -0.4 is 5.32 Å². The minimum atomic E-state index is -3.12. The van der Waals surface area contributed by atoms with Crippen LogP contribution in [0.4, 0.5) is 23.4 Å². The van der Waals surface area contributed by atoms with E-state index in [1.165, 1.54) is 12.4 Å². The Kier molecular flexibility index (Phi) is 6.59.